The third-order valence-electron chi connectivity index (χ3n) is 4.24. The van der Waals surface area contributed by atoms with E-state index in [4.69, 9.17) is 9.26 Å². The molecule has 0 aliphatic heterocycles. The van der Waals surface area contributed by atoms with Crippen molar-refractivity contribution in [2.45, 2.75) is 25.7 Å². The molecular formula is C20H20N2O4S. The number of benzene rings is 1. The van der Waals surface area contributed by atoms with Crippen molar-refractivity contribution in [3.05, 3.63) is 64.7 Å². The van der Waals surface area contributed by atoms with E-state index in [1.54, 1.807) is 24.3 Å². The Balaban J connectivity index is 1.76. The molecule has 3 aromatic rings. The summed E-state index contributed by atoms with van der Waals surface area (Å²) in [5, 5.41) is 4.00. The molecule has 7 heteroatoms. The summed E-state index contributed by atoms with van der Waals surface area (Å²) in [6, 6.07) is 10.7. The Morgan fingerprint density at radius 1 is 1.15 bits per heavy atom. The SMILES string of the molecule is CSc1ccccc1C(=O)OCC(=O)c1cc(C)n(-c2cc(C)on2)c1C. The first-order chi connectivity index (χ1) is 12.9. The summed E-state index contributed by atoms with van der Waals surface area (Å²) in [6.45, 7) is 5.20. The van der Waals surface area contributed by atoms with E-state index in [0.29, 0.717) is 22.7 Å². The second kappa shape index (κ2) is 7.84. The molecule has 0 bridgehead atoms. The number of hydrogen-bond donors (Lipinski definition) is 0. The highest BCUT2D eigenvalue weighted by Crippen LogP contribution is 2.23. The molecule has 0 aliphatic rings. The molecule has 0 saturated heterocycles. The number of aromatic nitrogens is 2. The van der Waals surface area contributed by atoms with Gasteiger partial charge in [0.05, 0.1) is 5.56 Å². The second-order valence-electron chi connectivity index (χ2n) is 6.12. The average molecular weight is 384 g/mol. The number of rotatable bonds is 6. The smallest absolute Gasteiger partial charge is 0.339 e. The first-order valence-electron chi connectivity index (χ1n) is 8.38. The molecule has 0 fully saturated rings. The molecule has 0 spiro atoms. The lowest BCUT2D eigenvalue weighted by Crippen LogP contribution is -2.15. The number of carbonyl (C=O) groups is 2. The predicted octanol–water partition coefficient (Wildman–Crippen LogP) is 4.15. The number of carbonyl (C=O) groups excluding carboxylic acids is 2. The third-order valence-corrected chi connectivity index (χ3v) is 5.03. The normalized spacial score (nSPS) is 10.8. The molecule has 2 aromatic heterocycles. The van der Waals surface area contributed by atoms with Crippen molar-refractivity contribution in [3.8, 4) is 5.82 Å². The van der Waals surface area contributed by atoms with Gasteiger partial charge >= 0.3 is 5.97 Å². The zero-order chi connectivity index (χ0) is 19.6. The first kappa shape index (κ1) is 19.0. The van der Waals surface area contributed by atoms with Gasteiger partial charge in [-0.1, -0.05) is 17.3 Å². The van der Waals surface area contributed by atoms with Crippen LogP contribution in [0.1, 0.15) is 37.9 Å². The predicted molar refractivity (Wildman–Crippen MR) is 103 cm³/mol. The van der Waals surface area contributed by atoms with Crippen LogP contribution in [0.25, 0.3) is 5.82 Å². The maximum Gasteiger partial charge on any atom is 0.339 e. The van der Waals surface area contributed by atoms with Crippen LogP contribution in [-0.4, -0.2) is 34.3 Å². The van der Waals surface area contributed by atoms with Crippen LogP contribution >= 0.6 is 11.8 Å². The van der Waals surface area contributed by atoms with E-state index in [0.717, 1.165) is 16.3 Å². The largest absolute Gasteiger partial charge is 0.454 e. The third kappa shape index (κ3) is 3.83. The van der Waals surface area contributed by atoms with Crippen molar-refractivity contribution >= 4 is 23.5 Å². The molecule has 0 amide bonds. The van der Waals surface area contributed by atoms with Crippen LogP contribution in [0.3, 0.4) is 0 Å². The van der Waals surface area contributed by atoms with Crippen LogP contribution < -0.4 is 0 Å². The van der Waals surface area contributed by atoms with E-state index in [-0.39, 0.29) is 12.4 Å². The molecule has 6 nitrogen and oxygen atoms in total. The fraction of sp³-hybridized carbons (Fsp3) is 0.250. The molecule has 0 saturated carbocycles. The van der Waals surface area contributed by atoms with Crippen LogP contribution in [0.4, 0.5) is 0 Å². The fourth-order valence-corrected chi connectivity index (χ4v) is 3.54. The Bertz CT molecular complexity index is 1000. The summed E-state index contributed by atoms with van der Waals surface area (Å²) in [6.07, 6.45) is 1.89. The Hall–Kier alpha value is -2.80. The number of hydrogen-bond acceptors (Lipinski definition) is 6. The number of ether oxygens (including phenoxy) is 1. The highest BCUT2D eigenvalue weighted by Gasteiger charge is 2.20. The maximum atomic E-state index is 12.6. The van der Waals surface area contributed by atoms with E-state index in [1.165, 1.54) is 11.8 Å². The molecular weight excluding hydrogens is 364 g/mol. The van der Waals surface area contributed by atoms with Crippen molar-refractivity contribution in [2.75, 3.05) is 12.9 Å². The molecule has 0 atom stereocenters. The highest BCUT2D eigenvalue weighted by molar-refractivity contribution is 7.98. The fourth-order valence-electron chi connectivity index (χ4n) is 2.96. The molecule has 140 valence electrons. The Morgan fingerprint density at radius 2 is 1.89 bits per heavy atom. The molecule has 0 aliphatic carbocycles. The maximum absolute atomic E-state index is 12.6. The lowest BCUT2D eigenvalue weighted by atomic mass is 10.1. The van der Waals surface area contributed by atoms with Gasteiger partial charge in [-0.15, -0.1) is 11.8 Å². The molecule has 1 aromatic carbocycles. The number of thioether (sulfide) groups is 1. The van der Waals surface area contributed by atoms with Gasteiger partial charge < -0.3 is 9.26 Å². The van der Waals surface area contributed by atoms with Crippen molar-refractivity contribution in [2.24, 2.45) is 0 Å². The molecule has 0 N–H and O–H groups in total. The molecule has 2 heterocycles. The van der Waals surface area contributed by atoms with Gasteiger partial charge in [0.2, 0.25) is 5.78 Å². The van der Waals surface area contributed by atoms with Crippen LogP contribution in [0.5, 0.6) is 0 Å². The second-order valence-corrected chi connectivity index (χ2v) is 6.96. The van der Waals surface area contributed by atoms with Crippen LogP contribution in [0, 0.1) is 20.8 Å². The van der Waals surface area contributed by atoms with Gasteiger partial charge in [-0.3, -0.25) is 9.36 Å². The van der Waals surface area contributed by atoms with Crippen LogP contribution in [-0.2, 0) is 4.74 Å². The zero-order valence-corrected chi connectivity index (χ0v) is 16.4. The summed E-state index contributed by atoms with van der Waals surface area (Å²) in [5.74, 6) is 0.540. The summed E-state index contributed by atoms with van der Waals surface area (Å²) >= 11 is 1.46. The van der Waals surface area contributed by atoms with Crippen molar-refractivity contribution in [1.29, 1.82) is 0 Å². The van der Waals surface area contributed by atoms with Gasteiger partial charge in [0, 0.05) is 27.9 Å². The number of aryl methyl sites for hydroxylation is 2. The summed E-state index contributed by atoms with van der Waals surface area (Å²) in [5.41, 5.74) is 2.54. The van der Waals surface area contributed by atoms with Gasteiger partial charge in [0.1, 0.15) is 5.76 Å². The summed E-state index contributed by atoms with van der Waals surface area (Å²) < 4.78 is 12.2. The van der Waals surface area contributed by atoms with Crippen molar-refractivity contribution in [1.82, 2.24) is 9.72 Å². The van der Waals surface area contributed by atoms with Gasteiger partial charge in [-0.05, 0) is 45.2 Å². The van der Waals surface area contributed by atoms with Crippen molar-refractivity contribution < 1.29 is 18.8 Å². The number of ketones is 1. The van der Waals surface area contributed by atoms with Crippen LogP contribution in [0.15, 0.2) is 45.8 Å². The van der Waals surface area contributed by atoms with E-state index in [9.17, 15) is 9.59 Å². The van der Waals surface area contributed by atoms with Gasteiger partial charge in [0.15, 0.2) is 12.4 Å². The molecule has 27 heavy (non-hydrogen) atoms. The molecule has 0 unspecified atom stereocenters. The van der Waals surface area contributed by atoms with Gasteiger partial charge in [-0.25, -0.2) is 4.79 Å². The van der Waals surface area contributed by atoms with E-state index >= 15 is 0 Å². The lowest BCUT2D eigenvalue weighted by Gasteiger charge is -2.08. The minimum absolute atomic E-state index is 0.260. The summed E-state index contributed by atoms with van der Waals surface area (Å²) in [7, 11) is 0. The Morgan fingerprint density at radius 3 is 2.56 bits per heavy atom. The average Bonchev–Trinajstić information content (AvgIpc) is 3.21. The van der Waals surface area contributed by atoms with Crippen molar-refractivity contribution in [3.63, 3.8) is 0 Å². The van der Waals surface area contributed by atoms with Gasteiger partial charge in [-0.2, -0.15) is 0 Å². The Labute approximate surface area is 161 Å². The van der Waals surface area contributed by atoms with E-state index < -0.39 is 5.97 Å². The zero-order valence-electron chi connectivity index (χ0n) is 15.6. The Kier molecular flexibility index (Phi) is 5.51. The van der Waals surface area contributed by atoms with E-state index in [1.807, 2.05) is 43.7 Å². The number of Topliss-reactive ketones (excluding diaryl/α,β-unsaturated/α-hetero) is 1. The number of nitrogens with zero attached hydrogens (tertiary/aromatic N) is 2. The van der Waals surface area contributed by atoms with Crippen LogP contribution in [0.2, 0.25) is 0 Å². The number of esters is 1. The standard InChI is InChI=1S/C20H20N2O4S/c1-12-9-16(14(3)22(12)19-10-13(2)26-21-19)17(23)11-25-20(24)15-7-5-6-8-18(15)27-4/h5-10H,11H2,1-4H3. The minimum atomic E-state index is -0.505. The summed E-state index contributed by atoms with van der Waals surface area (Å²) in [4.78, 5) is 25.8. The van der Waals surface area contributed by atoms with Gasteiger partial charge in [0.25, 0.3) is 0 Å². The lowest BCUT2D eigenvalue weighted by molar-refractivity contribution is 0.0471. The minimum Gasteiger partial charge on any atom is -0.454 e. The quantitative estimate of drug-likeness (QED) is 0.361. The highest BCUT2D eigenvalue weighted by atomic mass is 32.2. The van der Waals surface area contributed by atoms with E-state index in [2.05, 4.69) is 5.16 Å². The first-order valence-corrected chi connectivity index (χ1v) is 9.60. The molecule has 3 rings (SSSR count). The topological polar surface area (TPSA) is 74.3 Å². The monoisotopic (exact) mass is 384 g/mol. The molecule has 0 radical (unpaired) electrons.